The van der Waals surface area contributed by atoms with Gasteiger partial charge >= 0.3 is 0 Å². The molecule has 156 valence electrons. The van der Waals surface area contributed by atoms with Gasteiger partial charge < -0.3 is 15.1 Å². The Kier molecular flexibility index (Phi) is 11.8. The van der Waals surface area contributed by atoms with Gasteiger partial charge in [-0.05, 0) is 33.1 Å². The van der Waals surface area contributed by atoms with Crippen molar-refractivity contribution < 1.29 is 14.4 Å². The molecule has 6 nitrogen and oxygen atoms in total. The molecule has 0 aromatic heterocycles. The number of nitrogens with one attached hydrogen (secondary N) is 1. The molecule has 0 aromatic carbocycles. The topological polar surface area (TPSA) is 69.7 Å². The predicted octanol–water partition coefficient (Wildman–Crippen LogP) is 2.96. The van der Waals surface area contributed by atoms with Crippen LogP contribution in [-0.4, -0.2) is 60.2 Å². The van der Waals surface area contributed by atoms with Crippen LogP contribution in [0.15, 0.2) is 0 Å². The average molecular weight is 382 g/mol. The van der Waals surface area contributed by atoms with E-state index in [1.165, 1.54) is 25.7 Å². The Morgan fingerprint density at radius 1 is 1.00 bits per heavy atom. The summed E-state index contributed by atoms with van der Waals surface area (Å²) in [6.07, 6.45) is 8.59. The van der Waals surface area contributed by atoms with E-state index in [1.807, 2.05) is 18.7 Å². The van der Waals surface area contributed by atoms with Crippen LogP contribution in [-0.2, 0) is 14.4 Å². The number of rotatable bonds is 12. The Labute approximate surface area is 165 Å². The molecule has 27 heavy (non-hydrogen) atoms. The van der Waals surface area contributed by atoms with Crippen LogP contribution in [0.1, 0.15) is 78.6 Å². The second-order valence-corrected chi connectivity index (χ2v) is 7.48. The van der Waals surface area contributed by atoms with Crippen molar-refractivity contribution in [2.75, 3.05) is 32.7 Å². The van der Waals surface area contributed by atoms with Crippen LogP contribution in [0.4, 0.5) is 0 Å². The van der Waals surface area contributed by atoms with Gasteiger partial charge in [-0.3, -0.25) is 14.4 Å². The largest absolute Gasteiger partial charge is 0.356 e. The third kappa shape index (κ3) is 8.76. The summed E-state index contributed by atoms with van der Waals surface area (Å²) in [6, 6.07) is 0. The smallest absolute Gasteiger partial charge is 0.232 e. The molecule has 1 heterocycles. The molecular formula is C21H39N3O3. The normalized spacial score (nSPS) is 16.9. The molecule has 1 aliphatic heterocycles. The first-order valence-electron chi connectivity index (χ1n) is 10.9. The van der Waals surface area contributed by atoms with E-state index in [4.69, 9.17) is 0 Å². The van der Waals surface area contributed by atoms with Crippen molar-refractivity contribution in [3.8, 4) is 0 Å². The number of carbonyl (C=O) groups is 3. The van der Waals surface area contributed by atoms with Gasteiger partial charge in [0.05, 0.1) is 5.92 Å². The maximum absolute atomic E-state index is 12.5. The number of likely N-dealkylation sites (tertiary alicyclic amines) is 1. The number of nitrogens with zero attached hydrogens (tertiary/aromatic N) is 2. The predicted molar refractivity (Wildman–Crippen MR) is 108 cm³/mol. The van der Waals surface area contributed by atoms with Crippen molar-refractivity contribution in [1.82, 2.24) is 15.1 Å². The first kappa shape index (κ1) is 23.4. The fourth-order valence-corrected chi connectivity index (χ4v) is 3.64. The molecule has 0 radical (unpaired) electrons. The summed E-state index contributed by atoms with van der Waals surface area (Å²) in [4.78, 5) is 40.5. The molecular weight excluding hydrogens is 342 g/mol. The summed E-state index contributed by atoms with van der Waals surface area (Å²) in [6.45, 7) is 9.26. The van der Waals surface area contributed by atoms with Crippen molar-refractivity contribution in [1.29, 1.82) is 0 Å². The summed E-state index contributed by atoms with van der Waals surface area (Å²) >= 11 is 0. The zero-order valence-corrected chi connectivity index (χ0v) is 17.6. The third-order valence-electron chi connectivity index (χ3n) is 5.36. The Balaban J connectivity index is 2.30. The van der Waals surface area contributed by atoms with E-state index in [0.717, 1.165) is 25.7 Å². The van der Waals surface area contributed by atoms with Crippen LogP contribution in [0.25, 0.3) is 0 Å². The number of unbranched alkanes of at least 4 members (excludes halogenated alkanes) is 5. The van der Waals surface area contributed by atoms with Crippen LogP contribution in [0.5, 0.6) is 0 Å². The monoisotopic (exact) mass is 381 g/mol. The van der Waals surface area contributed by atoms with E-state index in [2.05, 4.69) is 12.2 Å². The van der Waals surface area contributed by atoms with Crippen LogP contribution >= 0.6 is 0 Å². The highest BCUT2D eigenvalue weighted by Crippen LogP contribution is 2.19. The van der Waals surface area contributed by atoms with Gasteiger partial charge in [0.25, 0.3) is 0 Å². The third-order valence-corrected chi connectivity index (χ3v) is 5.36. The fraction of sp³-hybridized carbons (Fsp3) is 0.857. The zero-order chi connectivity index (χ0) is 20.1. The maximum atomic E-state index is 12.5. The molecule has 1 rings (SSSR count). The fourth-order valence-electron chi connectivity index (χ4n) is 3.64. The van der Waals surface area contributed by atoms with Gasteiger partial charge in [-0.2, -0.15) is 0 Å². The van der Waals surface area contributed by atoms with Crippen LogP contribution < -0.4 is 5.32 Å². The van der Waals surface area contributed by atoms with Crippen LogP contribution in [0.2, 0.25) is 0 Å². The molecule has 3 amide bonds. The molecule has 0 spiro atoms. The number of amides is 3. The van der Waals surface area contributed by atoms with Crippen LogP contribution in [0, 0.1) is 5.92 Å². The molecule has 1 atom stereocenters. The van der Waals surface area contributed by atoms with Gasteiger partial charge in [0.1, 0.15) is 6.42 Å². The Morgan fingerprint density at radius 2 is 1.67 bits per heavy atom. The number of hydrogen-bond acceptors (Lipinski definition) is 3. The minimum Gasteiger partial charge on any atom is -0.356 e. The molecule has 6 heteroatoms. The van der Waals surface area contributed by atoms with E-state index in [-0.39, 0.29) is 30.1 Å². The average Bonchev–Trinajstić information content (AvgIpc) is 2.68. The molecule has 0 saturated carbocycles. The summed E-state index contributed by atoms with van der Waals surface area (Å²) in [5.74, 6) is -0.364. The second kappa shape index (κ2) is 13.6. The molecule has 1 N–H and O–H groups in total. The minimum atomic E-state index is -0.203. The van der Waals surface area contributed by atoms with Crippen molar-refractivity contribution in [2.24, 2.45) is 5.92 Å². The number of carbonyl (C=O) groups excluding carboxylic acids is 3. The quantitative estimate of drug-likeness (QED) is 0.417. The van der Waals surface area contributed by atoms with Gasteiger partial charge in [-0.15, -0.1) is 0 Å². The highest BCUT2D eigenvalue weighted by atomic mass is 16.2. The molecule has 0 bridgehead atoms. The molecule has 1 aliphatic rings. The number of piperidine rings is 1. The van der Waals surface area contributed by atoms with E-state index >= 15 is 0 Å². The van der Waals surface area contributed by atoms with Crippen molar-refractivity contribution >= 4 is 17.7 Å². The van der Waals surface area contributed by atoms with E-state index < -0.39 is 0 Å². The lowest BCUT2D eigenvalue weighted by Crippen LogP contribution is -2.47. The Bertz CT molecular complexity index is 464. The lowest BCUT2D eigenvalue weighted by Gasteiger charge is -2.34. The van der Waals surface area contributed by atoms with Crippen LogP contribution in [0.3, 0.4) is 0 Å². The lowest BCUT2D eigenvalue weighted by molar-refractivity contribution is -0.141. The standard InChI is InChI=1S/C21H39N3O3/c1-4-7-8-9-10-11-14-22-19(25)16-20(26)24-15-12-13-18(17-24)21(27)23(5-2)6-3/h18H,4-17H2,1-3H3,(H,22,25). The first-order valence-corrected chi connectivity index (χ1v) is 10.9. The lowest BCUT2D eigenvalue weighted by atomic mass is 9.96. The van der Waals surface area contributed by atoms with E-state index in [1.54, 1.807) is 4.90 Å². The SMILES string of the molecule is CCCCCCCCNC(=O)CC(=O)N1CCCC(C(=O)N(CC)CC)C1. The van der Waals surface area contributed by atoms with Gasteiger partial charge in [-0.25, -0.2) is 0 Å². The summed E-state index contributed by atoms with van der Waals surface area (Å²) in [5, 5.41) is 2.85. The van der Waals surface area contributed by atoms with E-state index in [0.29, 0.717) is 32.7 Å². The molecule has 0 aromatic rings. The molecule has 1 unspecified atom stereocenters. The Morgan fingerprint density at radius 3 is 2.33 bits per heavy atom. The summed E-state index contributed by atoms with van der Waals surface area (Å²) in [5.41, 5.74) is 0. The summed E-state index contributed by atoms with van der Waals surface area (Å²) in [7, 11) is 0. The second-order valence-electron chi connectivity index (χ2n) is 7.48. The molecule has 1 saturated heterocycles. The minimum absolute atomic E-state index is 0.109. The summed E-state index contributed by atoms with van der Waals surface area (Å²) < 4.78 is 0. The van der Waals surface area contributed by atoms with Crippen molar-refractivity contribution in [2.45, 2.75) is 78.6 Å². The molecule has 0 aliphatic carbocycles. The van der Waals surface area contributed by atoms with Gasteiger partial charge in [0.2, 0.25) is 17.7 Å². The van der Waals surface area contributed by atoms with Gasteiger partial charge in [0.15, 0.2) is 0 Å². The highest BCUT2D eigenvalue weighted by Gasteiger charge is 2.30. The number of hydrogen-bond donors (Lipinski definition) is 1. The highest BCUT2D eigenvalue weighted by molar-refractivity contribution is 5.97. The first-order chi connectivity index (χ1) is 13.0. The zero-order valence-electron chi connectivity index (χ0n) is 17.6. The van der Waals surface area contributed by atoms with Crippen molar-refractivity contribution in [3.05, 3.63) is 0 Å². The van der Waals surface area contributed by atoms with Gasteiger partial charge in [0, 0.05) is 32.7 Å². The Hall–Kier alpha value is -1.59. The van der Waals surface area contributed by atoms with Gasteiger partial charge in [-0.1, -0.05) is 39.0 Å². The molecule has 1 fully saturated rings. The van der Waals surface area contributed by atoms with Crippen molar-refractivity contribution in [3.63, 3.8) is 0 Å². The maximum Gasteiger partial charge on any atom is 0.232 e. The van der Waals surface area contributed by atoms with E-state index in [9.17, 15) is 14.4 Å².